The Morgan fingerprint density at radius 1 is 1.17 bits per heavy atom. The number of hydrogen-bond donors (Lipinski definition) is 1. The number of piperazine rings is 1. The fourth-order valence-corrected chi connectivity index (χ4v) is 3.96. The van der Waals surface area contributed by atoms with Crippen molar-refractivity contribution in [2.45, 2.75) is 51.1 Å². The molecule has 24 heavy (non-hydrogen) atoms. The minimum atomic E-state index is -0.0477. The maximum atomic E-state index is 12.5. The van der Waals surface area contributed by atoms with E-state index in [9.17, 15) is 4.79 Å². The molecule has 1 N–H and O–H groups in total. The first-order valence-corrected chi connectivity index (χ1v) is 9.56. The van der Waals surface area contributed by atoms with E-state index in [-0.39, 0.29) is 11.9 Å². The van der Waals surface area contributed by atoms with Crippen LogP contribution in [0.2, 0.25) is 5.02 Å². The average Bonchev–Trinajstić information content (AvgIpc) is 2.62. The first-order chi connectivity index (χ1) is 11.6. The van der Waals surface area contributed by atoms with Crippen molar-refractivity contribution in [3.8, 4) is 0 Å². The zero-order valence-electron chi connectivity index (χ0n) is 14.5. The van der Waals surface area contributed by atoms with Gasteiger partial charge in [0.15, 0.2) is 0 Å². The summed E-state index contributed by atoms with van der Waals surface area (Å²) in [7, 11) is 0. The fourth-order valence-electron chi connectivity index (χ4n) is 3.77. The van der Waals surface area contributed by atoms with Gasteiger partial charge in [-0.3, -0.25) is 9.69 Å². The quantitative estimate of drug-likeness (QED) is 0.906. The smallest absolute Gasteiger partial charge is 0.237 e. The number of carbonyl (C=O) groups is 1. The Balaban J connectivity index is 1.49. The summed E-state index contributed by atoms with van der Waals surface area (Å²) in [5, 5.41) is 4.03. The number of benzene rings is 1. The van der Waals surface area contributed by atoms with E-state index in [0.29, 0.717) is 6.04 Å². The SMILES string of the molecule is C[C@@H](C(=O)NC1CCCCC1)N1CCN(c2cccc(Cl)c2)CC1. The molecule has 0 spiro atoms. The molecule has 1 heterocycles. The van der Waals surface area contributed by atoms with Crippen molar-refractivity contribution in [1.29, 1.82) is 0 Å². The van der Waals surface area contributed by atoms with E-state index < -0.39 is 0 Å². The molecular formula is C19H28ClN3O. The predicted octanol–water partition coefficient (Wildman–Crippen LogP) is 3.30. The van der Waals surface area contributed by atoms with Crippen LogP contribution in [0.4, 0.5) is 5.69 Å². The molecule has 2 aliphatic rings. The Hall–Kier alpha value is -1.26. The Bertz CT molecular complexity index is 551. The molecule has 1 aliphatic heterocycles. The third-order valence-corrected chi connectivity index (χ3v) is 5.60. The third-order valence-electron chi connectivity index (χ3n) is 5.37. The Kier molecular flexibility index (Phi) is 6.01. The number of nitrogens with zero attached hydrogens (tertiary/aromatic N) is 2. The molecule has 1 saturated heterocycles. The van der Waals surface area contributed by atoms with E-state index in [4.69, 9.17) is 11.6 Å². The Morgan fingerprint density at radius 3 is 2.54 bits per heavy atom. The van der Waals surface area contributed by atoms with Crippen LogP contribution in [-0.4, -0.2) is 49.1 Å². The van der Waals surface area contributed by atoms with Crippen LogP contribution < -0.4 is 10.2 Å². The summed E-state index contributed by atoms with van der Waals surface area (Å²) in [5.74, 6) is 0.193. The van der Waals surface area contributed by atoms with Crippen LogP contribution in [0, 0.1) is 0 Å². The van der Waals surface area contributed by atoms with Crippen LogP contribution in [0.1, 0.15) is 39.0 Å². The van der Waals surface area contributed by atoms with Gasteiger partial charge in [-0.25, -0.2) is 0 Å². The molecule has 1 aromatic rings. The standard InChI is InChI=1S/C19H28ClN3O/c1-15(19(24)21-17-7-3-2-4-8-17)22-10-12-23(13-11-22)18-9-5-6-16(20)14-18/h5-6,9,14-15,17H,2-4,7-8,10-13H2,1H3,(H,21,24)/t15-/m0/s1. The van der Waals surface area contributed by atoms with Gasteiger partial charge in [-0.2, -0.15) is 0 Å². The molecule has 1 saturated carbocycles. The van der Waals surface area contributed by atoms with E-state index in [0.717, 1.165) is 44.0 Å². The van der Waals surface area contributed by atoms with Crippen LogP contribution in [0.25, 0.3) is 0 Å². The van der Waals surface area contributed by atoms with Gasteiger partial charge in [0.25, 0.3) is 0 Å². The lowest BCUT2D eigenvalue weighted by Gasteiger charge is -2.39. The van der Waals surface area contributed by atoms with Gasteiger partial charge in [0.1, 0.15) is 0 Å². The second kappa shape index (κ2) is 8.21. The van der Waals surface area contributed by atoms with Crippen molar-refractivity contribution < 1.29 is 4.79 Å². The van der Waals surface area contributed by atoms with Crippen LogP contribution in [-0.2, 0) is 4.79 Å². The molecule has 132 valence electrons. The molecule has 1 amide bonds. The summed E-state index contributed by atoms with van der Waals surface area (Å²) in [6, 6.07) is 8.34. The lowest BCUT2D eigenvalue weighted by atomic mass is 9.95. The van der Waals surface area contributed by atoms with Gasteiger partial charge in [-0.15, -0.1) is 0 Å². The van der Waals surface area contributed by atoms with Crippen LogP contribution in [0.15, 0.2) is 24.3 Å². The molecule has 0 aromatic heterocycles. The number of nitrogens with one attached hydrogen (secondary N) is 1. The molecule has 2 fully saturated rings. The van der Waals surface area contributed by atoms with Crippen molar-refractivity contribution in [3.63, 3.8) is 0 Å². The van der Waals surface area contributed by atoms with E-state index in [2.05, 4.69) is 21.2 Å². The largest absolute Gasteiger partial charge is 0.369 e. The van der Waals surface area contributed by atoms with Crippen molar-refractivity contribution in [2.24, 2.45) is 0 Å². The summed E-state index contributed by atoms with van der Waals surface area (Å²) in [6.07, 6.45) is 6.09. The van der Waals surface area contributed by atoms with Crippen molar-refractivity contribution >= 4 is 23.2 Å². The molecule has 1 aromatic carbocycles. The molecule has 4 nitrogen and oxygen atoms in total. The highest BCUT2D eigenvalue weighted by atomic mass is 35.5. The highest BCUT2D eigenvalue weighted by Gasteiger charge is 2.27. The van der Waals surface area contributed by atoms with Gasteiger partial charge in [-0.1, -0.05) is 36.9 Å². The van der Waals surface area contributed by atoms with Crippen molar-refractivity contribution in [1.82, 2.24) is 10.2 Å². The first-order valence-electron chi connectivity index (χ1n) is 9.18. The van der Waals surface area contributed by atoms with Crippen molar-refractivity contribution in [2.75, 3.05) is 31.1 Å². The molecular weight excluding hydrogens is 322 g/mol. The number of rotatable bonds is 4. The maximum absolute atomic E-state index is 12.5. The monoisotopic (exact) mass is 349 g/mol. The summed E-state index contributed by atoms with van der Waals surface area (Å²) in [6.45, 7) is 5.72. The Morgan fingerprint density at radius 2 is 1.88 bits per heavy atom. The second-order valence-corrected chi connectivity index (χ2v) is 7.46. The normalized spacial score (nSPS) is 21.5. The van der Waals surface area contributed by atoms with E-state index in [1.807, 2.05) is 25.1 Å². The van der Waals surface area contributed by atoms with Crippen molar-refractivity contribution in [3.05, 3.63) is 29.3 Å². The summed E-state index contributed by atoms with van der Waals surface area (Å²) < 4.78 is 0. The number of anilines is 1. The number of hydrogen-bond acceptors (Lipinski definition) is 3. The van der Waals surface area contributed by atoms with Gasteiger partial charge in [-0.05, 0) is 38.0 Å². The zero-order valence-corrected chi connectivity index (χ0v) is 15.3. The predicted molar refractivity (Wildman–Crippen MR) is 99.7 cm³/mol. The van der Waals surface area contributed by atoms with Gasteiger partial charge >= 0.3 is 0 Å². The first kappa shape index (κ1) is 17.6. The highest BCUT2D eigenvalue weighted by molar-refractivity contribution is 6.30. The van der Waals surface area contributed by atoms with E-state index >= 15 is 0 Å². The average molecular weight is 350 g/mol. The zero-order chi connectivity index (χ0) is 16.9. The lowest BCUT2D eigenvalue weighted by molar-refractivity contribution is -0.127. The van der Waals surface area contributed by atoms with Gasteiger partial charge in [0.05, 0.1) is 6.04 Å². The molecule has 1 aliphatic carbocycles. The van der Waals surface area contributed by atoms with Crippen LogP contribution >= 0.6 is 11.6 Å². The molecule has 3 rings (SSSR count). The molecule has 0 bridgehead atoms. The van der Waals surface area contributed by atoms with Crippen LogP contribution in [0.3, 0.4) is 0 Å². The molecule has 5 heteroatoms. The number of halogens is 1. The number of amides is 1. The molecule has 0 radical (unpaired) electrons. The van der Waals surface area contributed by atoms with E-state index in [1.165, 1.54) is 24.9 Å². The number of carbonyl (C=O) groups excluding carboxylic acids is 1. The highest BCUT2D eigenvalue weighted by Crippen LogP contribution is 2.22. The van der Waals surface area contributed by atoms with Crippen LogP contribution in [0.5, 0.6) is 0 Å². The van der Waals surface area contributed by atoms with E-state index in [1.54, 1.807) is 0 Å². The topological polar surface area (TPSA) is 35.6 Å². The van der Waals surface area contributed by atoms with Gasteiger partial charge in [0, 0.05) is 42.9 Å². The van der Waals surface area contributed by atoms with Gasteiger partial charge in [0.2, 0.25) is 5.91 Å². The fraction of sp³-hybridized carbons (Fsp3) is 0.632. The lowest BCUT2D eigenvalue weighted by Crippen LogP contribution is -2.55. The summed E-state index contributed by atoms with van der Waals surface area (Å²) in [4.78, 5) is 17.2. The van der Waals surface area contributed by atoms with Gasteiger partial charge < -0.3 is 10.2 Å². The minimum absolute atomic E-state index is 0.0477. The maximum Gasteiger partial charge on any atom is 0.237 e. The molecule has 1 atom stereocenters. The Labute approximate surface area is 150 Å². The summed E-state index contributed by atoms with van der Waals surface area (Å²) >= 11 is 6.09. The minimum Gasteiger partial charge on any atom is -0.369 e. The third kappa shape index (κ3) is 4.42. The summed E-state index contributed by atoms with van der Waals surface area (Å²) in [5.41, 5.74) is 1.17. The molecule has 0 unspecified atom stereocenters. The second-order valence-electron chi connectivity index (χ2n) is 7.02.